The van der Waals surface area contributed by atoms with Gasteiger partial charge >= 0.3 is 0 Å². The van der Waals surface area contributed by atoms with Crippen LogP contribution in [0.15, 0.2) is 18.6 Å². The molecule has 0 radical (unpaired) electrons. The number of H-pyrrole nitrogens is 1. The van der Waals surface area contributed by atoms with Gasteiger partial charge in [-0.3, -0.25) is 0 Å². The Morgan fingerprint density at radius 2 is 2.04 bits per heavy atom. The Kier molecular flexibility index (Phi) is 4.36. The highest BCUT2D eigenvalue weighted by molar-refractivity contribution is 5.92. The van der Waals surface area contributed by atoms with Crippen molar-refractivity contribution in [1.29, 1.82) is 0 Å². The molecule has 5 rings (SSSR count). The van der Waals surface area contributed by atoms with Gasteiger partial charge in [0.25, 0.3) is 0 Å². The van der Waals surface area contributed by atoms with Gasteiger partial charge in [0.2, 0.25) is 0 Å². The monoisotopic (exact) mass is 367 g/mol. The van der Waals surface area contributed by atoms with Crippen molar-refractivity contribution in [2.24, 2.45) is 5.92 Å². The van der Waals surface area contributed by atoms with Crippen molar-refractivity contribution < 1.29 is 0 Å². The van der Waals surface area contributed by atoms with Crippen LogP contribution in [0.25, 0.3) is 16.6 Å². The topological polar surface area (TPSA) is 65.3 Å². The molecule has 1 N–H and O–H groups in total. The second-order valence-electron chi connectivity index (χ2n) is 8.64. The number of nitrogens with one attached hydrogen (secondary N) is 1. The minimum absolute atomic E-state index is 0.521. The van der Waals surface area contributed by atoms with Crippen LogP contribution >= 0.6 is 0 Å². The molecule has 1 aliphatic carbocycles. The molecule has 27 heavy (non-hydrogen) atoms. The highest BCUT2D eigenvalue weighted by Crippen LogP contribution is 2.38. The Hall–Kier alpha value is -1.99. The summed E-state index contributed by atoms with van der Waals surface area (Å²) < 4.78 is 1.84. The van der Waals surface area contributed by atoms with E-state index in [4.69, 9.17) is 0 Å². The fourth-order valence-corrected chi connectivity index (χ4v) is 5.08. The Balaban J connectivity index is 1.26. The summed E-state index contributed by atoms with van der Waals surface area (Å²) in [6.07, 6.45) is 10.1. The van der Waals surface area contributed by atoms with E-state index in [1.54, 1.807) is 6.33 Å². The van der Waals surface area contributed by atoms with Crippen LogP contribution in [0.4, 0.5) is 0 Å². The summed E-state index contributed by atoms with van der Waals surface area (Å²) in [5.74, 6) is 1.35. The van der Waals surface area contributed by atoms with Crippen molar-refractivity contribution in [2.45, 2.75) is 44.1 Å². The van der Waals surface area contributed by atoms with E-state index in [0.29, 0.717) is 5.92 Å². The molecule has 7 heteroatoms. The van der Waals surface area contributed by atoms with E-state index in [0.717, 1.165) is 34.2 Å². The van der Waals surface area contributed by atoms with Gasteiger partial charge in [-0.15, -0.1) is 5.10 Å². The molecule has 0 aromatic carbocycles. The molecule has 1 atom stereocenters. The maximum Gasteiger partial charge on any atom is 0.141 e. The second kappa shape index (κ2) is 6.87. The van der Waals surface area contributed by atoms with E-state index < -0.39 is 0 Å². The summed E-state index contributed by atoms with van der Waals surface area (Å²) in [6.45, 7) is 3.77. The largest absolute Gasteiger partial charge is 0.346 e. The zero-order chi connectivity index (χ0) is 18.4. The summed E-state index contributed by atoms with van der Waals surface area (Å²) in [4.78, 5) is 12.7. The van der Waals surface area contributed by atoms with Crippen LogP contribution in [-0.4, -0.2) is 74.4 Å². The second-order valence-corrected chi connectivity index (χ2v) is 8.64. The average molecular weight is 368 g/mol. The number of aromatic nitrogens is 5. The van der Waals surface area contributed by atoms with Gasteiger partial charge in [-0.2, -0.15) is 0 Å². The number of rotatable bonds is 4. The van der Waals surface area contributed by atoms with Crippen molar-refractivity contribution in [3.05, 3.63) is 24.3 Å². The molecule has 0 amide bonds. The molecule has 1 aliphatic heterocycles. The summed E-state index contributed by atoms with van der Waals surface area (Å²) in [6, 6.07) is 2.83. The lowest BCUT2D eigenvalue weighted by Gasteiger charge is -2.31. The third kappa shape index (κ3) is 3.12. The summed E-state index contributed by atoms with van der Waals surface area (Å²) in [5, 5.41) is 10.0. The average Bonchev–Trinajstić information content (AvgIpc) is 3.40. The quantitative estimate of drug-likeness (QED) is 0.768. The first kappa shape index (κ1) is 17.1. The van der Waals surface area contributed by atoms with Gasteiger partial charge in [-0.05, 0) is 64.7 Å². The minimum Gasteiger partial charge on any atom is -0.346 e. The molecule has 1 saturated heterocycles. The fraction of sp³-hybridized carbons (Fsp3) is 0.650. The Morgan fingerprint density at radius 1 is 1.19 bits per heavy atom. The van der Waals surface area contributed by atoms with Gasteiger partial charge in [0.15, 0.2) is 0 Å². The van der Waals surface area contributed by atoms with Gasteiger partial charge in [0, 0.05) is 36.6 Å². The number of likely N-dealkylation sites (tertiary alicyclic amines) is 1. The normalized spacial score (nSPS) is 27.3. The smallest absolute Gasteiger partial charge is 0.141 e. The molecule has 2 fully saturated rings. The van der Waals surface area contributed by atoms with E-state index >= 15 is 0 Å². The first-order valence-corrected chi connectivity index (χ1v) is 10.2. The highest BCUT2D eigenvalue weighted by Gasteiger charge is 2.30. The van der Waals surface area contributed by atoms with Gasteiger partial charge in [-0.1, -0.05) is 5.21 Å². The molecule has 1 saturated carbocycles. The van der Waals surface area contributed by atoms with Crippen LogP contribution in [0.1, 0.15) is 43.7 Å². The third-order valence-corrected chi connectivity index (χ3v) is 6.72. The van der Waals surface area contributed by atoms with Crippen molar-refractivity contribution in [3.8, 4) is 0 Å². The first-order valence-electron chi connectivity index (χ1n) is 10.2. The highest BCUT2D eigenvalue weighted by atomic mass is 15.4. The predicted octanol–water partition coefficient (Wildman–Crippen LogP) is 2.52. The van der Waals surface area contributed by atoms with Crippen LogP contribution in [0.3, 0.4) is 0 Å². The van der Waals surface area contributed by atoms with E-state index in [9.17, 15) is 0 Å². The van der Waals surface area contributed by atoms with Gasteiger partial charge in [-0.25, -0.2) is 9.50 Å². The van der Waals surface area contributed by atoms with Gasteiger partial charge in [0.1, 0.15) is 17.5 Å². The standard InChI is InChI=1S/C20H29N7/c1-25(2)16-8-10-26(12-16)11-14-3-5-15(6-4-14)18-19-17-7-9-21-20(17)22-13-27(19)24-23-18/h7,9,13-16,21H,3-6,8,10-12H2,1-2H3/t14?,15?,16-/m0/s1. The number of likely N-dealkylation sites (N-methyl/N-ethyl adjacent to an activating group) is 1. The van der Waals surface area contributed by atoms with Crippen molar-refractivity contribution in [1.82, 2.24) is 34.6 Å². The molecule has 144 valence electrons. The van der Waals surface area contributed by atoms with Gasteiger partial charge < -0.3 is 14.8 Å². The summed E-state index contributed by atoms with van der Waals surface area (Å²) >= 11 is 0. The van der Waals surface area contributed by atoms with Crippen molar-refractivity contribution in [2.75, 3.05) is 33.7 Å². The first-order chi connectivity index (χ1) is 13.2. The van der Waals surface area contributed by atoms with Crippen molar-refractivity contribution in [3.63, 3.8) is 0 Å². The minimum atomic E-state index is 0.521. The maximum absolute atomic E-state index is 4.55. The third-order valence-electron chi connectivity index (χ3n) is 6.72. The van der Waals surface area contributed by atoms with Crippen LogP contribution in [-0.2, 0) is 0 Å². The van der Waals surface area contributed by atoms with Gasteiger partial charge in [0.05, 0.1) is 5.69 Å². The number of nitrogens with zero attached hydrogens (tertiary/aromatic N) is 6. The molecular weight excluding hydrogens is 338 g/mol. The molecule has 4 heterocycles. The zero-order valence-electron chi connectivity index (χ0n) is 16.3. The fourth-order valence-electron chi connectivity index (χ4n) is 5.08. The maximum atomic E-state index is 4.55. The Morgan fingerprint density at radius 3 is 2.81 bits per heavy atom. The van der Waals surface area contributed by atoms with Crippen molar-refractivity contribution >= 4 is 16.6 Å². The van der Waals surface area contributed by atoms with Crippen LogP contribution in [0.2, 0.25) is 0 Å². The zero-order valence-corrected chi connectivity index (χ0v) is 16.3. The number of hydrogen-bond donors (Lipinski definition) is 1. The predicted molar refractivity (Wildman–Crippen MR) is 106 cm³/mol. The number of hydrogen-bond acceptors (Lipinski definition) is 5. The molecule has 2 aliphatic rings. The molecule has 0 bridgehead atoms. The summed E-state index contributed by atoms with van der Waals surface area (Å²) in [5.41, 5.74) is 3.22. The van der Waals surface area contributed by atoms with Crippen LogP contribution in [0, 0.1) is 5.92 Å². The lowest BCUT2D eigenvalue weighted by atomic mass is 9.80. The van der Waals surface area contributed by atoms with E-state index in [1.165, 1.54) is 51.7 Å². The lowest BCUT2D eigenvalue weighted by Crippen LogP contribution is -2.34. The Bertz CT molecular complexity index is 919. The Labute approximate surface area is 159 Å². The van der Waals surface area contributed by atoms with E-state index in [2.05, 4.69) is 50.2 Å². The summed E-state index contributed by atoms with van der Waals surface area (Å²) in [7, 11) is 4.42. The van der Waals surface area contributed by atoms with Crippen LogP contribution < -0.4 is 0 Å². The number of aromatic amines is 1. The van der Waals surface area contributed by atoms with Crippen LogP contribution in [0.5, 0.6) is 0 Å². The number of fused-ring (bicyclic) bond motifs is 3. The van der Waals surface area contributed by atoms with E-state index in [1.807, 2.05) is 10.7 Å². The van der Waals surface area contributed by atoms with E-state index in [-0.39, 0.29) is 0 Å². The molecule has 3 aromatic heterocycles. The molecule has 7 nitrogen and oxygen atoms in total. The lowest BCUT2D eigenvalue weighted by molar-refractivity contribution is 0.207. The molecule has 0 spiro atoms. The molecule has 0 unspecified atom stereocenters. The molecular formula is C20H29N7. The SMILES string of the molecule is CN(C)[C@H]1CCN(CC2CCC(c3nnn4cnc5[nH]ccc5c34)CC2)C1. The molecule has 3 aromatic rings.